The molecule has 1 rings (SSSR count). The molecule has 18 heavy (non-hydrogen) atoms. The van der Waals surface area contributed by atoms with Crippen molar-refractivity contribution in [2.45, 2.75) is 18.6 Å². The zero-order chi connectivity index (χ0) is 13.5. The van der Waals surface area contributed by atoms with Gasteiger partial charge in [0.25, 0.3) is 0 Å². The van der Waals surface area contributed by atoms with E-state index in [1.54, 1.807) is 24.3 Å². The molecule has 0 fully saturated rings. The second kappa shape index (κ2) is 6.73. The highest BCUT2D eigenvalue weighted by Crippen LogP contribution is 2.22. The van der Waals surface area contributed by atoms with E-state index in [1.165, 1.54) is 7.11 Å². The number of nitrogens with zero attached hydrogens (tertiary/aromatic N) is 1. The Bertz CT molecular complexity index is 432. The minimum absolute atomic E-state index is 0.317. The van der Waals surface area contributed by atoms with Gasteiger partial charge in [-0.05, 0) is 5.56 Å². The van der Waals surface area contributed by atoms with Gasteiger partial charge in [0.2, 0.25) is 0 Å². The maximum absolute atomic E-state index is 11.0. The molecule has 98 valence electrons. The highest BCUT2D eigenvalue weighted by atomic mass is 16.5. The highest BCUT2D eigenvalue weighted by Gasteiger charge is 2.23. The Labute approximate surface area is 104 Å². The lowest BCUT2D eigenvalue weighted by atomic mass is 9.97. The number of methoxy groups -OCH3 is 1. The van der Waals surface area contributed by atoms with Gasteiger partial charge in [0.1, 0.15) is 6.10 Å². The molecule has 2 atom stereocenters. The SMILES string of the molecule is COC(=O)CC(O)C(O)c1ccccc1C=NO. The summed E-state index contributed by atoms with van der Waals surface area (Å²) in [5.41, 5.74) is 0.822. The van der Waals surface area contributed by atoms with Crippen LogP contribution in [-0.2, 0) is 9.53 Å². The van der Waals surface area contributed by atoms with Crippen molar-refractivity contribution in [3.63, 3.8) is 0 Å². The number of carbonyl (C=O) groups excluding carboxylic acids is 1. The molecule has 1 aromatic rings. The van der Waals surface area contributed by atoms with Crippen molar-refractivity contribution >= 4 is 12.2 Å². The van der Waals surface area contributed by atoms with E-state index in [2.05, 4.69) is 9.89 Å². The smallest absolute Gasteiger partial charge is 0.308 e. The van der Waals surface area contributed by atoms with Crippen LogP contribution in [0.15, 0.2) is 29.4 Å². The Kier molecular flexibility index (Phi) is 5.29. The van der Waals surface area contributed by atoms with Gasteiger partial charge >= 0.3 is 5.97 Å². The third-order valence-electron chi connectivity index (χ3n) is 2.48. The molecule has 3 N–H and O–H groups in total. The van der Waals surface area contributed by atoms with Gasteiger partial charge in [-0.1, -0.05) is 29.4 Å². The number of carbonyl (C=O) groups is 1. The number of aliphatic hydroxyl groups excluding tert-OH is 2. The first-order valence-electron chi connectivity index (χ1n) is 5.29. The lowest BCUT2D eigenvalue weighted by molar-refractivity contribution is -0.144. The van der Waals surface area contributed by atoms with Gasteiger partial charge in [0.15, 0.2) is 0 Å². The molecular formula is C12H15NO5. The van der Waals surface area contributed by atoms with E-state index in [0.29, 0.717) is 11.1 Å². The first kappa shape index (κ1) is 14.1. The minimum Gasteiger partial charge on any atom is -0.469 e. The monoisotopic (exact) mass is 253 g/mol. The molecule has 0 radical (unpaired) electrons. The van der Waals surface area contributed by atoms with E-state index < -0.39 is 18.2 Å². The highest BCUT2D eigenvalue weighted by molar-refractivity contribution is 5.81. The zero-order valence-electron chi connectivity index (χ0n) is 9.85. The molecule has 0 heterocycles. The molecule has 0 aliphatic rings. The fourth-order valence-electron chi connectivity index (χ4n) is 1.53. The summed E-state index contributed by atoms with van der Waals surface area (Å²) in [5, 5.41) is 31.0. The van der Waals surface area contributed by atoms with Gasteiger partial charge in [-0.15, -0.1) is 0 Å². The third kappa shape index (κ3) is 3.54. The van der Waals surface area contributed by atoms with Crippen LogP contribution in [0.4, 0.5) is 0 Å². The number of rotatable bonds is 5. The Morgan fingerprint density at radius 2 is 2.11 bits per heavy atom. The Morgan fingerprint density at radius 3 is 2.72 bits per heavy atom. The quantitative estimate of drug-likeness (QED) is 0.306. The van der Waals surface area contributed by atoms with Crippen LogP contribution >= 0.6 is 0 Å². The van der Waals surface area contributed by atoms with E-state index >= 15 is 0 Å². The average molecular weight is 253 g/mol. The largest absolute Gasteiger partial charge is 0.469 e. The maximum atomic E-state index is 11.0. The van der Waals surface area contributed by atoms with Gasteiger partial charge in [-0.2, -0.15) is 0 Å². The van der Waals surface area contributed by atoms with Crippen LogP contribution in [0, 0.1) is 0 Å². The number of benzene rings is 1. The molecule has 0 aromatic heterocycles. The molecule has 1 aromatic carbocycles. The maximum Gasteiger partial charge on any atom is 0.308 e. The second-order valence-electron chi connectivity index (χ2n) is 3.67. The summed E-state index contributed by atoms with van der Waals surface area (Å²) in [4.78, 5) is 11.0. The van der Waals surface area contributed by atoms with Crippen LogP contribution in [0.3, 0.4) is 0 Å². The van der Waals surface area contributed by atoms with Crippen molar-refractivity contribution in [1.29, 1.82) is 0 Å². The first-order chi connectivity index (χ1) is 8.60. The second-order valence-corrected chi connectivity index (χ2v) is 3.67. The number of esters is 1. The number of aliphatic hydroxyl groups is 2. The fourth-order valence-corrected chi connectivity index (χ4v) is 1.53. The summed E-state index contributed by atoms with van der Waals surface area (Å²) in [6.07, 6.45) is -1.73. The van der Waals surface area contributed by atoms with Gasteiger partial charge < -0.3 is 20.2 Å². The molecule has 0 saturated heterocycles. The Hall–Kier alpha value is -1.92. The number of hydrogen-bond acceptors (Lipinski definition) is 6. The molecule has 0 aliphatic heterocycles. The van der Waals surface area contributed by atoms with Crippen LogP contribution in [0.1, 0.15) is 23.7 Å². The van der Waals surface area contributed by atoms with Crippen LogP contribution in [0.25, 0.3) is 0 Å². The van der Waals surface area contributed by atoms with Crippen LogP contribution in [-0.4, -0.2) is 40.8 Å². The molecule has 0 spiro atoms. The molecular weight excluding hydrogens is 238 g/mol. The number of ether oxygens (including phenoxy) is 1. The van der Waals surface area contributed by atoms with Crippen molar-refractivity contribution in [1.82, 2.24) is 0 Å². The summed E-state index contributed by atoms with van der Waals surface area (Å²) >= 11 is 0. The van der Waals surface area contributed by atoms with Gasteiger partial charge in [0, 0.05) is 5.56 Å². The zero-order valence-corrected chi connectivity index (χ0v) is 9.85. The molecule has 6 heteroatoms. The van der Waals surface area contributed by atoms with Gasteiger partial charge in [0.05, 0.1) is 25.8 Å². The lowest BCUT2D eigenvalue weighted by Crippen LogP contribution is -2.23. The van der Waals surface area contributed by atoms with E-state index in [9.17, 15) is 15.0 Å². The molecule has 2 unspecified atom stereocenters. The Balaban J connectivity index is 2.89. The van der Waals surface area contributed by atoms with E-state index in [1.807, 2.05) is 0 Å². The topological polar surface area (TPSA) is 99.4 Å². The van der Waals surface area contributed by atoms with Crippen molar-refractivity contribution in [2.24, 2.45) is 5.16 Å². The van der Waals surface area contributed by atoms with Crippen molar-refractivity contribution in [3.8, 4) is 0 Å². The summed E-state index contributed by atoms with van der Waals surface area (Å²) in [6, 6.07) is 6.55. The summed E-state index contributed by atoms with van der Waals surface area (Å²) < 4.78 is 4.41. The van der Waals surface area contributed by atoms with Crippen molar-refractivity contribution in [2.75, 3.05) is 7.11 Å². The molecule has 0 saturated carbocycles. The van der Waals surface area contributed by atoms with Gasteiger partial charge in [-0.25, -0.2) is 0 Å². The summed E-state index contributed by atoms with van der Waals surface area (Å²) in [6.45, 7) is 0. The normalized spacial score (nSPS) is 14.4. The van der Waals surface area contributed by atoms with Crippen molar-refractivity contribution in [3.05, 3.63) is 35.4 Å². The standard InChI is InChI=1S/C12H15NO5/c1-18-11(15)6-10(14)12(16)9-5-3-2-4-8(9)7-13-17/h2-5,7,10,12,14,16-17H,6H2,1H3. The average Bonchev–Trinajstić information content (AvgIpc) is 2.38. The molecule has 0 amide bonds. The van der Waals surface area contributed by atoms with E-state index in [0.717, 1.165) is 6.21 Å². The predicted molar refractivity (Wildman–Crippen MR) is 63.4 cm³/mol. The third-order valence-corrected chi connectivity index (χ3v) is 2.48. The molecule has 6 nitrogen and oxygen atoms in total. The number of hydrogen-bond donors (Lipinski definition) is 3. The summed E-state index contributed by atoms with van der Waals surface area (Å²) in [7, 11) is 1.20. The van der Waals surface area contributed by atoms with Crippen LogP contribution in [0.5, 0.6) is 0 Å². The molecule has 0 bridgehead atoms. The Morgan fingerprint density at radius 1 is 1.44 bits per heavy atom. The minimum atomic E-state index is -1.29. The first-order valence-corrected chi connectivity index (χ1v) is 5.29. The fraction of sp³-hybridized carbons (Fsp3) is 0.333. The summed E-state index contributed by atoms with van der Waals surface area (Å²) in [5.74, 6) is -0.616. The predicted octanol–water partition coefficient (Wildman–Crippen LogP) is 0.452. The van der Waals surface area contributed by atoms with Gasteiger partial charge in [-0.3, -0.25) is 4.79 Å². The van der Waals surface area contributed by atoms with Crippen LogP contribution < -0.4 is 0 Å². The van der Waals surface area contributed by atoms with Crippen molar-refractivity contribution < 1.29 is 25.0 Å². The lowest BCUT2D eigenvalue weighted by Gasteiger charge is -2.18. The van der Waals surface area contributed by atoms with E-state index in [4.69, 9.17) is 5.21 Å². The van der Waals surface area contributed by atoms with E-state index in [-0.39, 0.29) is 6.42 Å². The van der Waals surface area contributed by atoms with Crippen LogP contribution in [0.2, 0.25) is 0 Å². The number of oxime groups is 1. The molecule has 0 aliphatic carbocycles.